The van der Waals surface area contributed by atoms with E-state index in [2.05, 4.69) is 160 Å². The number of halogens is 2. The summed E-state index contributed by atoms with van der Waals surface area (Å²) in [5.41, 5.74) is 26.4. The van der Waals surface area contributed by atoms with Crippen molar-refractivity contribution in [2.75, 3.05) is 0 Å². The molecular weight excluding hydrogens is 1090 g/mol. The van der Waals surface area contributed by atoms with E-state index >= 15 is 0 Å². The first-order chi connectivity index (χ1) is 42.7. The van der Waals surface area contributed by atoms with Gasteiger partial charge in [0.25, 0.3) is 5.69 Å². The number of nitro benzene ring substituents is 1. The summed E-state index contributed by atoms with van der Waals surface area (Å²) in [7, 11) is 0. The fraction of sp³-hybridized carbons (Fsp3) is 0.123. The average Bonchev–Trinajstić information content (AvgIpc) is 2.02. The molecule has 4 aliphatic rings. The molecule has 0 atom stereocenters. The highest BCUT2D eigenvalue weighted by Crippen LogP contribution is 2.42. The summed E-state index contributed by atoms with van der Waals surface area (Å²) in [5, 5.41) is 13.4. The minimum atomic E-state index is -0.455. The zero-order chi connectivity index (χ0) is 61.4. The van der Waals surface area contributed by atoms with Gasteiger partial charge in [-0.1, -0.05) is 228 Å². The van der Waals surface area contributed by atoms with Gasteiger partial charge in [0.15, 0.2) is 5.69 Å². The molecule has 4 aliphatic carbocycles. The second-order valence-electron chi connectivity index (χ2n) is 23.0. The molecule has 432 valence electrons. The minimum Gasteiger partial charge on any atom is -0.457 e. The summed E-state index contributed by atoms with van der Waals surface area (Å²) in [5.74, 6) is 0.877. The van der Waals surface area contributed by atoms with Crippen molar-refractivity contribution in [1.29, 1.82) is 0 Å². The molecular formula is C81H66F2N2O3. The van der Waals surface area contributed by atoms with Crippen LogP contribution in [0.2, 0.25) is 0 Å². The number of rotatable bonds is 3. The van der Waals surface area contributed by atoms with Gasteiger partial charge in [-0.2, -0.15) is 0 Å². The maximum Gasteiger partial charge on any atom is 0.270 e. The Bertz CT molecular complexity index is 4620. The van der Waals surface area contributed by atoms with Crippen LogP contribution in [0.3, 0.4) is 0 Å². The standard InChI is InChI=1S/C15H11N.C14H10F2.C14H11NO2.C14H12.C13H12O.C11H10/c1-10-3-4-11-8-12-9-13(16-2)5-6-14(12)15(11)7-10;1-8-12(15)7-10-6-9-4-2-3-5-11(9)13(10)14(8)16;1-9-2-3-10-7-11-4-5-12(15(16)17)8-14(11)13(10)6-9;1-10-6-7-12-9-11-4-2-3-5-13(11)14(12)8-10;1-11-7-9-13(10-8-11)14-12-5-3-2-4-6-12;1-9-6-7-10-4-2-3-5-11(10)8-9/h3-7,9H,8H2,1H3;2-5,7H,6H2,1H3;2-6,8H,7H2,1H3;2-8H,9H2,1H3;2-10H,1H3;2-8H,1H3. The molecule has 12 aromatic rings. The third-order valence-corrected chi connectivity index (χ3v) is 16.5. The molecule has 0 spiro atoms. The molecule has 88 heavy (non-hydrogen) atoms. The fourth-order valence-corrected chi connectivity index (χ4v) is 11.8. The van der Waals surface area contributed by atoms with Crippen molar-refractivity contribution in [3.8, 4) is 56.0 Å². The van der Waals surface area contributed by atoms with E-state index in [9.17, 15) is 18.9 Å². The lowest BCUT2D eigenvalue weighted by Gasteiger charge is -2.06. The van der Waals surface area contributed by atoms with Crippen molar-refractivity contribution >= 4 is 22.1 Å². The van der Waals surface area contributed by atoms with Gasteiger partial charge in [0.05, 0.1) is 11.5 Å². The van der Waals surface area contributed by atoms with Gasteiger partial charge in [0, 0.05) is 23.3 Å². The lowest BCUT2D eigenvalue weighted by Crippen LogP contribution is -1.94. The van der Waals surface area contributed by atoms with Gasteiger partial charge in [0.1, 0.15) is 23.1 Å². The number of ether oxygens (including phenoxy) is 1. The zero-order valence-corrected chi connectivity index (χ0v) is 50.3. The number of non-ortho nitro benzene ring substituents is 1. The summed E-state index contributed by atoms with van der Waals surface area (Å²) in [6, 6.07) is 81.3. The van der Waals surface area contributed by atoms with E-state index in [1.54, 1.807) is 12.1 Å². The highest BCUT2D eigenvalue weighted by atomic mass is 19.1. The predicted molar refractivity (Wildman–Crippen MR) is 357 cm³/mol. The van der Waals surface area contributed by atoms with Crippen LogP contribution in [0.15, 0.2) is 243 Å². The van der Waals surface area contributed by atoms with Crippen molar-refractivity contribution in [1.82, 2.24) is 0 Å². The van der Waals surface area contributed by atoms with Crippen molar-refractivity contribution in [2.45, 2.75) is 67.2 Å². The monoisotopic (exact) mass is 1150 g/mol. The Morgan fingerprint density at radius 2 is 0.830 bits per heavy atom. The van der Waals surface area contributed by atoms with Crippen LogP contribution in [-0.4, -0.2) is 4.92 Å². The van der Waals surface area contributed by atoms with E-state index < -0.39 is 11.6 Å². The number of nitro groups is 1. The molecule has 0 radical (unpaired) electrons. The highest BCUT2D eigenvalue weighted by Gasteiger charge is 2.25. The van der Waals surface area contributed by atoms with Crippen LogP contribution in [0.4, 0.5) is 20.2 Å². The fourth-order valence-electron chi connectivity index (χ4n) is 11.8. The quantitative estimate of drug-likeness (QED) is 0.101. The van der Waals surface area contributed by atoms with Gasteiger partial charge >= 0.3 is 0 Å². The summed E-state index contributed by atoms with van der Waals surface area (Å²) in [6.45, 7) is 19.0. The molecule has 5 nitrogen and oxygen atoms in total. The Kier molecular flexibility index (Phi) is 17.7. The maximum atomic E-state index is 14.0. The van der Waals surface area contributed by atoms with Crippen LogP contribution in [0, 0.1) is 69.9 Å². The molecule has 16 rings (SSSR count). The van der Waals surface area contributed by atoms with Crippen LogP contribution in [0.1, 0.15) is 77.9 Å². The first-order valence-corrected chi connectivity index (χ1v) is 29.6. The number of fused-ring (bicyclic) bond motifs is 13. The van der Waals surface area contributed by atoms with Crippen LogP contribution >= 0.6 is 0 Å². The SMILES string of the molecule is Cc1c(F)cc2c(c1F)-c1ccccc1C2.Cc1ccc(Oc2ccccc2)cc1.Cc1ccc2c(c1)-c1cc([N+](=O)[O-])ccc1C2.Cc1ccc2c(c1)-c1ccccc1C2.Cc1ccc2ccccc2c1.[C-]#[N+]c1ccc2c(c1)Cc1ccc(C)cc1-2. The second kappa shape index (κ2) is 26.4. The third kappa shape index (κ3) is 13.4. The van der Waals surface area contributed by atoms with Gasteiger partial charge in [0.2, 0.25) is 0 Å². The van der Waals surface area contributed by atoms with Crippen molar-refractivity contribution in [3.63, 3.8) is 0 Å². The van der Waals surface area contributed by atoms with Gasteiger partial charge in [-0.05, 0) is 192 Å². The van der Waals surface area contributed by atoms with Crippen molar-refractivity contribution in [2.24, 2.45) is 0 Å². The predicted octanol–water partition coefficient (Wildman–Crippen LogP) is 21.9. The van der Waals surface area contributed by atoms with E-state index in [0.29, 0.717) is 12.0 Å². The van der Waals surface area contributed by atoms with Gasteiger partial charge in [-0.15, -0.1) is 0 Å². The minimum absolute atomic E-state index is 0.107. The van der Waals surface area contributed by atoms with E-state index in [0.717, 1.165) is 64.3 Å². The summed E-state index contributed by atoms with van der Waals surface area (Å²) in [6.07, 6.45) is 3.57. The van der Waals surface area contributed by atoms with Crippen LogP contribution in [0.25, 0.3) is 60.1 Å². The molecule has 0 bridgehead atoms. The molecule has 0 unspecified atom stereocenters. The van der Waals surface area contributed by atoms with Crippen molar-refractivity contribution < 1.29 is 18.4 Å². The van der Waals surface area contributed by atoms with E-state index in [4.69, 9.17) is 11.3 Å². The highest BCUT2D eigenvalue weighted by molar-refractivity contribution is 5.84. The molecule has 0 amide bonds. The molecule has 0 fully saturated rings. The molecule has 0 N–H and O–H groups in total. The summed E-state index contributed by atoms with van der Waals surface area (Å²) in [4.78, 5) is 13.9. The number of benzene rings is 12. The number of para-hydroxylation sites is 1. The first-order valence-electron chi connectivity index (χ1n) is 29.6. The van der Waals surface area contributed by atoms with E-state index in [-0.39, 0.29) is 16.2 Å². The summed E-state index contributed by atoms with van der Waals surface area (Å²) < 4.78 is 33.1. The Hall–Kier alpha value is -10.6. The Balaban J connectivity index is 0.000000110. The second-order valence-corrected chi connectivity index (χ2v) is 23.0. The Labute approximate surface area is 514 Å². The lowest BCUT2D eigenvalue weighted by atomic mass is 10.0. The number of hydrogen-bond acceptors (Lipinski definition) is 3. The molecule has 0 saturated carbocycles. The summed E-state index contributed by atoms with van der Waals surface area (Å²) >= 11 is 0. The molecule has 0 aromatic heterocycles. The topological polar surface area (TPSA) is 56.7 Å². The number of aryl methyl sites for hydroxylation is 5. The van der Waals surface area contributed by atoms with Gasteiger partial charge in [-0.25, -0.2) is 13.6 Å². The smallest absolute Gasteiger partial charge is 0.270 e. The van der Waals surface area contributed by atoms with Crippen molar-refractivity contribution in [3.05, 3.63) is 354 Å². The van der Waals surface area contributed by atoms with Gasteiger partial charge < -0.3 is 4.74 Å². The van der Waals surface area contributed by atoms with E-state index in [1.165, 1.54) is 107 Å². The number of hydrogen-bond donors (Lipinski definition) is 0. The third-order valence-electron chi connectivity index (χ3n) is 16.5. The number of nitrogens with zero attached hydrogens (tertiary/aromatic N) is 2. The van der Waals surface area contributed by atoms with Crippen LogP contribution in [-0.2, 0) is 25.7 Å². The molecule has 0 saturated heterocycles. The molecule has 0 heterocycles. The van der Waals surface area contributed by atoms with Gasteiger partial charge in [-0.3, -0.25) is 10.1 Å². The maximum absolute atomic E-state index is 14.0. The normalized spacial score (nSPS) is 11.5. The largest absolute Gasteiger partial charge is 0.457 e. The Morgan fingerprint density at radius 3 is 1.44 bits per heavy atom. The molecule has 7 heteroatoms. The van der Waals surface area contributed by atoms with E-state index in [1.807, 2.05) is 104 Å². The van der Waals surface area contributed by atoms with Crippen LogP contribution in [0.5, 0.6) is 11.5 Å². The van der Waals surface area contributed by atoms with Crippen LogP contribution < -0.4 is 4.74 Å². The molecule has 12 aromatic carbocycles. The first kappa shape index (κ1) is 59.2. The Morgan fingerprint density at radius 1 is 0.386 bits per heavy atom. The zero-order valence-electron chi connectivity index (χ0n) is 50.3. The average molecular weight is 1150 g/mol. The lowest BCUT2D eigenvalue weighted by molar-refractivity contribution is -0.384. The molecule has 0 aliphatic heterocycles.